The third-order valence-electron chi connectivity index (χ3n) is 1.31. The standard InChI is InChI=1S/C9H11NO2/c1-7(2)12-9-5-10-4-3-8(9)6-11/h3-7H,1-2H3. The van der Waals surface area contributed by atoms with E-state index < -0.39 is 0 Å². The summed E-state index contributed by atoms with van der Waals surface area (Å²) in [6.07, 6.45) is 3.94. The van der Waals surface area contributed by atoms with Gasteiger partial charge in [0.25, 0.3) is 0 Å². The Morgan fingerprint density at radius 2 is 2.33 bits per heavy atom. The van der Waals surface area contributed by atoms with Crippen LogP contribution in [0.25, 0.3) is 0 Å². The van der Waals surface area contributed by atoms with Gasteiger partial charge in [-0.05, 0) is 19.9 Å². The van der Waals surface area contributed by atoms with Gasteiger partial charge in [0.05, 0.1) is 17.9 Å². The summed E-state index contributed by atoms with van der Waals surface area (Å²) >= 11 is 0. The van der Waals surface area contributed by atoms with E-state index in [9.17, 15) is 4.79 Å². The molecule has 0 saturated carbocycles. The van der Waals surface area contributed by atoms with E-state index in [2.05, 4.69) is 4.98 Å². The Kier molecular flexibility index (Phi) is 2.80. The molecule has 0 aliphatic heterocycles. The second-order valence-electron chi connectivity index (χ2n) is 2.70. The van der Waals surface area contributed by atoms with Gasteiger partial charge in [0.15, 0.2) is 6.29 Å². The van der Waals surface area contributed by atoms with Crippen LogP contribution in [0.5, 0.6) is 5.75 Å². The molecule has 64 valence electrons. The molecule has 0 unspecified atom stereocenters. The van der Waals surface area contributed by atoms with E-state index in [1.165, 1.54) is 0 Å². The molecular weight excluding hydrogens is 154 g/mol. The van der Waals surface area contributed by atoms with Crippen LogP contribution >= 0.6 is 0 Å². The first-order valence-corrected chi connectivity index (χ1v) is 3.80. The summed E-state index contributed by atoms with van der Waals surface area (Å²) in [4.78, 5) is 14.4. The highest BCUT2D eigenvalue weighted by atomic mass is 16.5. The summed E-state index contributed by atoms with van der Waals surface area (Å²) in [7, 11) is 0. The SMILES string of the molecule is CC(C)Oc1cnccc1C=O. The number of aromatic nitrogens is 1. The number of rotatable bonds is 3. The maximum Gasteiger partial charge on any atom is 0.153 e. The molecule has 12 heavy (non-hydrogen) atoms. The van der Waals surface area contributed by atoms with Gasteiger partial charge in [0.2, 0.25) is 0 Å². The first-order valence-electron chi connectivity index (χ1n) is 3.80. The molecule has 1 rings (SSSR count). The van der Waals surface area contributed by atoms with Crippen LogP contribution in [-0.2, 0) is 0 Å². The largest absolute Gasteiger partial charge is 0.489 e. The van der Waals surface area contributed by atoms with Gasteiger partial charge < -0.3 is 4.74 Å². The average molecular weight is 165 g/mol. The predicted molar refractivity (Wildman–Crippen MR) is 45.4 cm³/mol. The maximum absolute atomic E-state index is 10.5. The van der Waals surface area contributed by atoms with Crippen LogP contribution in [0.3, 0.4) is 0 Å². The molecule has 0 spiro atoms. The molecule has 3 heteroatoms. The minimum absolute atomic E-state index is 0.0629. The number of pyridine rings is 1. The normalized spacial score (nSPS) is 9.92. The van der Waals surface area contributed by atoms with Crippen LogP contribution in [0, 0.1) is 0 Å². The highest BCUT2D eigenvalue weighted by Gasteiger charge is 2.03. The molecular formula is C9H11NO2. The first-order chi connectivity index (χ1) is 5.74. The second-order valence-corrected chi connectivity index (χ2v) is 2.70. The van der Waals surface area contributed by atoms with Gasteiger partial charge in [-0.25, -0.2) is 0 Å². The van der Waals surface area contributed by atoms with Crippen molar-refractivity contribution in [1.82, 2.24) is 4.98 Å². The van der Waals surface area contributed by atoms with Crippen LogP contribution in [0.4, 0.5) is 0 Å². The van der Waals surface area contributed by atoms with Crippen molar-refractivity contribution in [1.29, 1.82) is 0 Å². The molecule has 1 heterocycles. The first kappa shape index (κ1) is 8.71. The van der Waals surface area contributed by atoms with Crippen LogP contribution in [-0.4, -0.2) is 17.4 Å². The highest BCUT2D eigenvalue weighted by molar-refractivity contribution is 5.78. The van der Waals surface area contributed by atoms with Crippen molar-refractivity contribution in [3.8, 4) is 5.75 Å². The quantitative estimate of drug-likeness (QED) is 0.639. The second kappa shape index (κ2) is 3.85. The van der Waals surface area contributed by atoms with Gasteiger partial charge in [0.1, 0.15) is 5.75 Å². The molecule has 0 N–H and O–H groups in total. The average Bonchev–Trinajstić information content (AvgIpc) is 2.04. The van der Waals surface area contributed by atoms with Gasteiger partial charge in [0, 0.05) is 6.20 Å². The Bertz CT molecular complexity index is 271. The lowest BCUT2D eigenvalue weighted by atomic mass is 10.3. The van der Waals surface area contributed by atoms with Gasteiger partial charge in [-0.1, -0.05) is 0 Å². The molecule has 0 aromatic carbocycles. The van der Waals surface area contributed by atoms with Crippen LogP contribution in [0.2, 0.25) is 0 Å². The minimum Gasteiger partial charge on any atom is -0.489 e. The van der Waals surface area contributed by atoms with Crippen molar-refractivity contribution in [3.05, 3.63) is 24.0 Å². The number of hydrogen-bond donors (Lipinski definition) is 0. The van der Waals surface area contributed by atoms with E-state index in [1.54, 1.807) is 18.5 Å². The van der Waals surface area contributed by atoms with E-state index in [0.29, 0.717) is 11.3 Å². The van der Waals surface area contributed by atoms with E-state index >= 15 is 0 Å². The third-order valence-corrected chi connectivity index (χ3v) is 1.31. The summed E-state index contributed by atoms with van der Waals surface area (Å²) in [5.74, 6) is 0.544. The van der Waals surface area contributed by atoms with Crippen molar-refractivity contribution < 1.29 is 9.53 Å². The minimum atomic E-state index is 0.0629. The number of carbonyl (C=O) groups excluding carboxylic acids is 1. The van der Waals surface area contributed by atoms with E-state index in [1.807, 2.05) is 13.8 Å². The van der Waals surface area contributed by atoms with Crippen molar-refractivity contribution in [2.24, 2.45) is 0 Å². The van der Waals surface area contributed by atoms with Crippen LogP contribution in [0.15, 0.2) is 18.5 Å². The molecule has 0 aliphatic carbocycles. The zero-order valence-corrected chi connectivity index (χ0v) is 7.15. The van der Waals surface area contributed by atoms with E-state index in [4.69, 9.17) is 4.74 Å². The molecule has 3 nitrogen and oxygen atoms in total. The lowest BCUT2D eigenvalue weighted by Gasteiger charge is -2.09. The summed E-state index contributed by atoms with van der Waals surface area (Å²) in [5.41, 5.74) is 0.540. The molecule has 0 atom stereocenters. The summed E-state index contributed by atoms with van der Waals surface area (Å²) in [5, 5.41) is 0. The molecule has 0 saturated heterocycles. The van der Waals surface area contributed by atoms with Crippen molar-refractivity contribution in [2.75, 3.05) is 0 Å². The molecule has 0 radical (unpaired) electrons. The van der Waals surface area contributed by atoms with Crippen molar-refractivity contribution >= 4 is 6.29 Å². The fourth-order valence-corrected chi connectivity index (χ4v) is 0.840. The fourth-order valence-electron chi connectivity index (χ4n) is 0.840. The lowest BCUT2D eigenvalue weighted by molar-refractivity contribution is 0.111. The number of carbonyl (C=O) groups is 1. The Morgan fingerprint density at radius 3 is 2.92 bits per heavy atom. The summed E-state index contributed by atoms with van der Waals surface area (Å²) < 4.78 is 5.34. The summed E-state index contributed by atoms with van der Waals surface area (Å²) in [6.45, 7) is 3.81. The van der Waals surface area contributed by atoms with Crippen LogP contribution in [0.1, 0.15) is 24.2 Å². The summed E-state index contributed by atoms with van der Waals surface area (Å²) in [6, 6.07) is 1.63. The van der Waals surface area contributed by atoms with Crippen LogP contribution < -0.4 is 4.74 Å². The zero-order chi connectivity index (χ0) is 8.97. The molecule has 1 aromatic heterocycles. The van der Waals surface area contributed by atoms with E-state index in [-0.39, 0.29) is 6.10 Å². The molecule has 1 aromatic rings. The Labute approximate surface area is 71.4 Å². The zero-order valence-electron chi connectivity index (χ0n) is 7.15. The third kappa shape index (κ3) is 2.05. The van der Waals surface area contributed by atoms with Crippen molar-refractivity contribution in [2.45, 2.75) is 20.0 Å². The number of aldehydes is 1. The van der Waals surface area contributed by atoms with E-state index in [0.717, 1.165) is 6.29 Å². The smallest absolute Gasteiger partial charge is 0.153 e. The van der Waals surface area contributed by atoms with Gasteiger partial charge >= 0.3 is 0 Å². The monoisotopic (exact) mass is 165 g/mol. The highest BCUT2D eigenvalue weighted by Crippen LogP contribution is 2.15. The maximum atomic E-state index is 10.5. The number of nitrogens with zero attached hydrogens (tertiary/aromatic N) is 1. The van der Waals surface area contributed by atoms with Crippen molar-refractivity contribution in [3.63, 3.8) is 0 Å². The van der Waals surface area contributed by atoms with Gasteiger partial charge in [-0.3, -0.25) is 9.78 Å². The Hall–Kier alpha value is -1.38. The topological polar surface area (TPSA) is 39.2 Å². The lowest BCUT2D eigenvalue weighted by Crippen LogP contribution is -2.07. The number of ether oxygens (including phenoxy) is 1. The Morgan fingerprint density at radius 1 is 1.58 bits per heavy atom. The molecule has 0 aliphatic rings. The molecule has 0 bridgehead atoms. The van der Waals surface area contributed by atoms with Gasteiger partial charge in [-0.2, -0.15) is 0 Å². The fraction of sp³-hybridized carbons (Fsp3) is 0.333. The Balaban J connectivity index is 2.89. The number of hydrogen-bond acceptors (Lipinski definition) is 3. The predicted octanol–water partition coefficient (Wildman–Crippen LogP) is 1.68. The molecule has 0 fully saturated rings. The van der Waals surface area contributed by atoms with Gasteiger partial charge in [-0.15, -0.1) is 0 Å². The molecule has 0 amide bonds.